The van der Waals surface area contributed by atoms with Gasteiger partial charge in [0.15, 0.2) is 0 Å². The lowest BCUT2D eigenvalue weighted by Crippen LogP contribution is -2.48. The molecule has 13 heavy (non-hydrogen) atoms. The zero-order chi connectivity index (χ0) is 10.0. The Labute approximate surface area is 80.3 Å². The van der Waals surface area contributed by atoms with Gasteiger partial charge in [-0.25, -0.2) is 0 Å². The number of carbonyl (C=O) groups is 1. The molecule has 2 unspecified atom stereocenters. The fraction of sp³-hybridized carbons (Fsp3) is 0.900. The van der Waals surface area contributed by atoms with Gasteiger partial charge in [-0.05, 0) is 25.2 Å². The van der Waals surface area contributed by atoms with Crippen molar-refractivity contribution in [3.8, 4) is 0 Å². The molecule has 0 spiro atoms. The van der Waals surface area contributed by atoms with Gasteiger partial charge in [-0.3, -0.25) is 4.79 Å². The molecule has 1 amide bonds. The van der Waals surface area contributed by atoms with Crippen LogP contribution in [0.15, 0.2) is 0 Å². The van der Waals surface area contributed by atoms with Crippen molar-refractivity contribution in [3.05, 3.63) is 0 Å². The number of nitrogens with zero attached hydrogens (tertiary/aromatic N) is 1. The van der Waals surface area contributed by atoms with Crippen LogP contribution in [-0.2, 0) is 4.79 Å². The molecular weight excluding hydrogens is 164 g/mol. The number of amides is 1. The summed E-state index contributed by atoms with van der Waals surface area (Å²) in [6.07, 6.45) is 1.11. The minimum atomic E-state index is -0.347. The molecule has 2 N–H and O–H groups in total. The Morgan fingerprint density at radius 3 is 2.54 bits per heavy atom. The Hall–Kier alpha value is -0.570. The fourth-order valence-electron chi connectivity index (χ4n) is 1.75. The second-order valence-corrected chi connectivity index (χ2v) is 4.32. The highest BCUT2D eigenvalue weighted by Crippen LogP contribution is 2.22. The first-order valence-electron chi connectivity index (χ1n) is 5.06. The van der Waals surface area contributed by atoms with E-state index in [1.165, 1.54) is 0 Å². The summed E-state index contributed by atoms with van der Waals surface area (Å²) in [6.45, 7) is 7.96. The molecule has 0 radical (unpaired) electrons. The van der Waals surface area contributed by atoms with E-state index >= 15 is 0 Å². The molecule has 0 aromatic rings. The van der Waals surface area contributed by atoms with Crippen molar-refractivity contribution in [2.45, 2.75) is 33.2 Å². The van der Waals surface area contributed by atoms with E-state index in [2.05, 4.69) is 13.8 Å². The van der Waals surface area contributed by atoms with Gasteiger partial charge in [-0.2, -0.15) is 0 Å². The Morgan fingerprint density at radius 1 is 1.46 bits per heavy atom. The number of carbonyl (C=O) groups excluding carboxylic acids is 1. The van der Waals surface area contributed by atoms with Crippen LogP contribution in [0.4, 0.5) is 0 Å². The number of nitrogens with two attached hydrogens (primary N) is 1. The summed E-state index contributed by atoms with van der Waals surface area (Å²) in [5.41, 5.74) is 5.56. The van der Waals surface area contributed by atoms with Gasteiger partial charge < -0.3 is 10.6 Å². The molecule has 1 aliphatic rings. The second kappa shape index (κ2) is 4.09. The molecule has 76 valence electrons. The van der Waals surface area contributed by atoms with Crippen molar-refractivity contribution >= 4 is 5.91 Å². The van der Waals surface area contributed by atoms with E-state index in [1.54, 1.807) is 6.92 Å². The summed E-state index contributed by atoms with van der Waals surface area (Å²) in [5, 5.41) is 0. The van der Waals surface area contributed by atoms with E-state index in [0.717, 1.165) is 25.4 Å². The molecular formula is C10H20N2O. The molecule has 0 aromatic heterocycles. The minimum absolute atomic E-state index is 0.0961. The normalized spacial score (nSPS) is 31.5. The molecule has 0 bridgehead atoms. The number of likely N-dealkylation sites (tertiary alicyclic amines) is 1. The molecule has 0 saturated carbocycles. The zero-order valence-corrected chi connectivity index (χ0v) is 8.79. The number of rotatable bonds is 1. The first-order valence-corrected chi connectivity index (χ1v) is 5.06. The van der Waals surface area contributed by atoms with Gasteiger partial charge in [0.25, 0.3) is 0 Å². The predicted molar refractivity (Wildman–Crippen MR) is 53.2 cm³/mol. The van der Waals surface area contributed by atoms with Gasteiger partial charge in [-0.1, -0.05) is 13.8 Å². The monoisotopic (exact) mass is 184 g/mol. The van der Waals surface area contributed by atoms with Crippen LogP contribution in [-0.4, -0.2) is 29.9 Å². The van der Waals surface area contributed by atoms with Crippen LogP contribution in [0, 0.1) is 11.8 Å². The highest BCUT2D eigenvalue weighted by molar-refractivity contribution is 5.81. The van der Waals surface area contributed by atoms with Crippen LogP contribution in [0.5, 0.6) is 0 Å². The third-order valence-electron chi connectivity index (χ3n) is 3.04. The molecule has 1 fully saturated rings. The largest absolute Gasteiger partial charge is 0.341 e. The summed E-state index contributed by atoms with van der Waals surface area (Å²) in [4.78, 5) is 13.4. The third-order valence-corrected chi connectivity index (χ3v) is 3.04. The quantitative estimate of drug-likeness (QED) is 0.656. The summed E-state index contributed by atoms with van der Waals surface area (Å²) in [7, 11) is 0. The van der Waals surface area contributed by atoms with Crippen LogP contribution in [0.25, 0.3) is 0 Å². The molecule has 1 aliphatic heterocycles. The average molecular weight is 184 g/mol. The van der Waals surface area contributed by atoms with Crippen molar-refractivity contribution in [1.29, 1.82) is 0 Å². The smallest absolute Gasteiger partial charge is 0.239 e. The summed E-state index contributed by atoms with van der Waals surface area (Å²) < 4.78 is 0. The highest BCUT2D eigenvalue weighted by Gasteiger charge is 2.26. The van der Waals surface area contributed by atoms with E-state index in [1.807, 2.05) is 4.90 Å². The van der Waals surface area contributed by atoms with Gasteiger partial charge in [0.2, 0.25) is 5.91 Å². The lowest BCUT2D eigenvalue weighted by atomic mass is 9.88. The maximum absolute atomic E-state index is 11.6. The number of hydrogen-bond donors (Lipinski definition) is 1. The first kappa shape index (κ1) is 10.5. The van der Waals surface area contributed by atoms with Crippen molar-refractivity contribution in [1.82, 2.24) is 4.90 Å². The summed E-state index contributed by atoms with van der Waals surface area (Å²) >= 11 is 0. The van der Waals surface area contributed by atoms with Crippen molar-refractivity contribution in [3.63, 3.8) is 0 Å². The third kappa shape index (κ3) is 2.44. The van der Waals surface area contributed by atoms with E-state index in [0.29, 0.717) is 5.92 Å². The van der Waals surface area contributed by atoms with E-state index in [-0.39, 0.29) is 11.9 Å². The SMILES string of the molecule is CC1CCN(C(=O)[C@H](C)N)CC1C. The van der Waals surface area contributed by atoms with E-state index in [9.17, 15) is 4.79 Å². The Kier molecular flexibility index (Phi) is 3.31. The molecule has 1 rings (SSSR count). The minimum Gasteiger partial charge on any atom is -0.341 e. The second-order valence-electron chi connectivity index (χ2n) is 4.32. The Bertz CT molecular complexity index is 191. The van der Waals surface area contributed by atoms with Crippen molar-refractivity contribution in [2.24, 2.45) is 17.6 Å². The lowest BCUT2D eigenvalue weighted by Gasteiger charge is -2.36. The Balaban J connectivity index is 2.50. The van der Waals surface area contributed by atoms with Crippen LogP contribution in [0.2, 0.25) is 0 Å². The number of piperidine rings is 1. The Morgan fingerprint density at radius 2 is 2.08 bits per heavy atom. The van der Waals surface area contributed by atoms with Gasteiger partial charge >= 0.3 is 0 Å². The predicted octanol–water partition coefficient (Wildman–Crippen LogP) is 0.838. The first-order chi connectivity index (χ1) is 6.02. The lowest BCUT2D eigenvalue weighted by molar-refractivity contribution is -0.134. The van der Waals surface area contributed by atoms with Gasteiger partial charge in [-0.15, -0.1) is 0 Å². The maximum atomic E-state index is 11.6. The zero-order valence-electron chi connectivity index (χ0n) is 8.79. The molecule has 0 aromatic carbocycles. The maximum Gasteiger partial charge on any atom is 0.239 e. The van der Waals surface area contributed by atoms with Crippen LogP contribution in [0.1, 0.15) is 27.2 Å². The molecule has 3 atom stereocenters. The van der Waals surface area contributed by atoms with Crippen molar-refractivity contribution in [2.75, 3.05) is 13.1 Å². The topological polar surface area (TPSA) is 46.3 Å². The fourth-order valence-corrected chi connectivity index (χ4v) is 1.75. The summed E-state index contributed by atoms with van der Waals surface area (Å²) in [6, 6.07) is -0.347. The van der Waals surface area contributed by atoms with E-state index < -0.39 is 0 Å². The average Bonchev–Trinajstić information content (AvgIpc) is 2.08. The molecule has 3 heteroatoms. The van der Waals surface area contributed by atoms with Crippen molar-refractivity contribution < 1.29 is 4.79 Å². The summed E-state index contributed by atoms with van der Waals surface area (Å²) in [5.74, 6) is 1.44. The molecule has 1 heterocycles. The number of hydrogen-bond acceptors (Lipinski definition) is 2. The van der Waals surface area contributed by atoms with Gasteiger partial charge in [0.1, 0.15) is 0 Å². The van der Waals surface area contributed by atoms with E-state index in [4.69, 9.17) is 5.73 Å². The van der Waals surface area contributed by atoms with Crippen LogP contribution >= 0.6 is 0 Å². The highest BCUT2D eigenvalue weighted by atomic mass is 16.2. The van der Waals surface area contributed by atoms with Gasteiger partial charge in [0, 0.05) is 13.1 Å². The standard InChI is InChI=1S/C10H20N2O/c1-7-4-5-12(6-8(7)2)10(13)9(3)11/h7-9H,4-6,11H2,1-3H3/t7?,8?,9-/m0/s1. The van der Waals surface area contributed by atoms with Crippen LogP contribution < -0.4 is 5.73 Å². The van der Waals surface area contributed by atoms with Crippen LogP contribution in [0.3, 0.4) is 0 Å². The van der Waals surface area contributed by atoms with Gasteiger partial charge in [0.05, 0.1) is 6.04 Å². The molecule has 3 nitrogen and oxygen atoms in total. The molecule has 0 aliphatic carbocycles. The molecule has 1 saturated heterocycles.